The van der Waals surface area contributed by atoms with E-state index in [0.717, 1.165) is 30.4 Å². The van der Waals surface area contributed by atoms with Crippen molar-refractivity contribution in [1.29, 1.82) is 0 Å². The van der Waals surface area contributed by atoms with E-state index in [-0.39, 0.29) is 0 Å². The smallest absolute Gasteiger partial charge is 0.0642 e. The van der Waals surface area contributed by atoms with Crippen LogP contribution in [0.2, 0.25) is 5.02 Å². The highest BCUT2D eigenvalue weighted by atomic mass is 35.5. The largest absolute Gasteiger partial charge is 0.383 e. The maximum absolute atomic E-state index is 6.44. The number of thioether (sulfide) groups is 1. The topological polar surface area (TPSA) is 24.5 Å². The fraction of sp³-hybridized carbons (Fsp3) is 0.600. The maximum atomic E-state index is 6.44. The predicted octanol–water partition coefficient (Wildman–Crippen LogP) is 3.02. The van der Waals surface area contributed by atoms with Crippen LogP contribution in [0, 0.1) is 0 Å². The number of benzene rings is 1. The van der Waals surface area contributed by atoms with Crippen LogP contribution in [0.4, 0.5) is 5.69 Å². The highest BCUT2D eigenvalue weighted by molar-refractivity contribution is 7.99. The number of ether oxygens (including phenoxy) is 1. The summed E-state index contributed by atoms with van der Waals surface area (Å²) < 4.78 is 5.01. The van der Waals surface area contributed by atoms with Crippen molar-refractivity contribution in [3.63, 3.8) is 0 Å². The number of anilines is 1. The third kappa shape index (κ3) is 4.29. The van der Waals surface area contributed by atoms with E-state index in [4.69, 9.17) is 16.3 Å². The second-order valence-corrected chi connectivity index (χ2v) is 6.64. The van der Waals surface area contributed by atoms with E-state index in [1.165, 1.54) is 23.5 Å². The van der Waals surface area contributed by atoms with Crippen molar-refractivity contribution in [3.05, 3.63) is 28.8 Å². The predicted molar refractivity (Wildman–Crippen MR) is 89.2 cm³/mol. The molecule has 3 nitrogen and oxygen atoms in total. The molecular weight excluding hydrogens is 292 g/mol. The van der Waals surface area contributed by atoms with Gasteiger partial charge in [-0.3, -0.25) is 0 Å². The monoisotopic (exact) mass is 314 g/mol. The van der Waals surface area contributed by atoms with E-state index in [0.29, 0.717) is 6.04 Å². The van der Waals surface area contributed by atoms with Gasteiger partial charge in [0, 0.05) is 39.0 Å². The van der Waals surface area contributed by atoms with Crippen molar-refractivity contribution < 1.29 is 4.74 Å². The molecule has 1 saturated heterocycles. The molecule has 1 heterocycles. The van der Waals surface area contributed by atoms with E-state index in [2.05, 4.69) is 35.5 Å². The van der Waals surface area contributed by atoms with Crippen LogP contribution in [0.1, 0.15) is 12.0 Å². The van der Waals surface area contributed by atoms with E-state index >= 15 is 0 Å². The molecule has 5 heteroatoms. The van der Waals surface area contributed by atoms with E-state index in [9.17, 15) is 0 Å². The molecule has 0 saturated carbocycles. The Bertz CT molecular complexity index is 424. The van der Waals surface area contributed by atoms with Crippen molar-refractivity contribution in [2.45, 2.75) is 19.0 Å². The van der Waals surface area contributed by atoms with E-state index in [1.54, 1.807) is 7.11 Å². The highest BCUT2D eigenvalue weighted by Crippen LogP contribution is 2.31. The molecule has 2 rings (SSSR count). The Morgan fingerprint density at radius 3 is 3.00 bits per heavy atom. The van der Waals surface area contributed by atoms with Crippen molar-refractivity contribution in [2.24, 2.45) is 0 Å². The van der Waals surface area contributed by atoms with Crippen LogP contribution in [0.5, 0.6) is 0 Å². The van der Waals surface area contributed by atoms with Crippen molar-refractivity contribution in [2.75, 3.05) is 43.7 Å². The van der Waals surface area contributed by atoms with Crippen LogP contribution < -0.4 is 10.2 Å². The number of hydrogen-bond acceptors (Lipinski definition) is 4. The average molecular weight is 315 g/mol. The van der Waals surface area contributed by atoms with Crippen LogP contribution >= 0.6 is 23.4 Å². The van der Waals surface area contributed by atoms with Crippen LogP contribution in [0.3, 0.4) is 0 Å². The summed E-state index contributed by atoms with van der Waals surface area (Å²) in [6.07, 6.45) is 1.25. The molecule has 0 aromatic heterocycles. The zero-order chi connectivity index (χ0) is 14.4. The van der Waals surface area contributed by atoms with Gasteiger partial charge < -0.3 is 15.0 Å². The first-order valence-corrected chi connectivity index (χ1v) is 8.54. The summed E-state index contributed by atoms with van der Waals surface area (Å²) >= 11 is 8.47. The summed E-state index contributed by atoms with van der Waals surface area (Å²) in [6.45, 7) is 2.41. The van der Waals surface area contributed by atoms with Crippen molar-refractivity contribution in [3.8, 4) is 0 Å². The lowest BCUT2D eigenvalue weighted by molar-refractivity contribution is 0.199. The molecule has 1 N–H and O–H groups in total. The molecule has 0 radical (unpaired) electrons. The van der Waals surface area contributed by atoms with Crippen LogP contribution in [0.15, 0.2) is 18.2 Å². The van der Waals surface area contributed by atoms with Crippen LogP contribution in [0.25, 0.3) is 0 Å². The van der Waals surface area contributed by atoms with Gasteiger partial charge in [0.15, 0.2) is 0 Å². The minimum atomic E-state index is 0.614. The van der Waals surface area contributed by atoms with Crippen LogP contribution in [-0.2, 0) is 11.3 Å². The Balaban J connectivity index is 1.94. The van der Waals surface area contributed by atoms with Crippen molar-refractivity contribution in [1.82, 2.24) is 5.32 Å². The van der Waals surface area contributed by atoms with E-state index < -0.39 is 0 Å². The lowest BCUT2D eigenvalue weighted by atomic mass is 10.1. The molecule has 0 bridgehead atoms. The van der Waals surface area contributed by atoms with Gasteiger partial charge in [-0.25, -0.2) is 0 Å². The molecule has 1 fully saturated rings. The summed E-state index contributed by atoms with van der Waals surface area (Å²) in [7, 11) is 3.86. The fourth-order valence-electron chi connectivity index (χ4n) is 2.38. The zero-order valence-electron chi connectivity index (χ0n) is 12.2. The summed E-state index contributed by atoms with van der Waals surface area (Å²) in [6, 6.07) is 6.97. The molecule has 1 atom stereocenters. The molecule has 0 spiro atoms. The first-order chi connectivity index (χ1) is 9.72. The molecule has 0 aliphatic carbocycles. The SMILES string of the molecule is COCCNCc1ccc(N(C)C2CCSC2)c(Cl)c1. The molecule has 1 aromatic rings. The van der Waals surface area contributed by atoms with Gasteiger partial charge in [0.1, 0.15) is 0 Å². The first kappa shape index (κ1) is 16.0. The average Bonchev–Trinajstić information content (AvgIpc) is 2.97. The molecule has 1 aromatic carbocycles. The number of hydrogen-bond donors (Lipinski definition) is 1. The van der Waals surface area contributed by atoms with Gasteiger partial charge in [-0.05, 0) is 29.9 Å². The minimum Gasteiger partial charge on any atom is -0.383 e. The summed E-state index contributed by atoms with van der Waals surface area (Å²) in [5, 5.41) is 4.18. The van der Waals surface area contributed by atoms with Gasteiger partial charge in [0.05, 0.1) is 17.3 Å². The van der Waals surface area contributed by atoms with E-state index in [1.807, 2.05) is 11.8 Å². The Morgan fingerprint density at radius 1 is 1.50 bits per heavy atom. The fourth-order valence-corrected chi connectivity index (χ4v) is 3.98. The summed E-state index contributed by atoms with van der Waals surface area (Å²) in [4.78, 5) is 2.32. The van der Waals surface area contributed by atoms with Crippen LogP contribution in [-0.4, -0.2) is 44.9 Å². The first-order valence-electron chi connectivity index (χ1n) is 7.01. The second-order valence-electron chi connectivity index (χ2n) is 5.08. The number of nitrogens with one attached hydrogen (secondary N) is 1. The highest BCUT2D eigenvalue weighted by Gasteiger charge is 2.21. The van der Waals surface area contributed by atoms with Gasteiger partial charge in [0.2, 0.25) is 0 Å². The standard InChI is InChI=1S/C15H23ClN2OS/c1-18(13-5-8-20-11-13)15-4-3-12(9-14(15)16)10-17-6-7-19-2/h3-4,9,13,17H,5-8,10-11H2,1-2H3. The molecule has 1 aliphatic rings. The quantitative estimate of drug-likeness (QED) is 0.782. The Labute approximate surface area is 131 Å². The molecule has 20 heavy (non-hydrogen) atoms. The maximum Gasteiger partial charge on any atom is 0.0642 e. The molecular formula is C15H23ClN2OS. The Hall–Kier alpha value is -0.420. The third-order valence-electron chi connectivity index (χ3n) is 3.66. The lowest BCUT2D eigenvalue weighted by Gasteiger charge is -2.27. The lowest BCUT2D eigenvalue weighted by Crippen LogP contribution is -2.31. The number of nitrogens with zero attached hydrogens (tertiary/aromatic N) is 1. The van der Waals surface area contributed by atoms with Gasteiger partial charge in [-0.1, -0.05) is 17.7 Å². The molecule has 112 valence electrons. The Morgan fingerprint density at radius 2 is 2.35 bits per heavy atom. The molecule has 1 aliphatic heterocycles. The Kier molecular flexibility index (Phi) is 6.49. The number of methoxy groups -OCH3 is 1. The molecule has 0 amide bonds. The normalized spacial score (nSPS) is 18.4. The minimum absolute atomic E-state index is 0.614. The summed E-state index contributed by atoms with van der Waals surface area (Å²) in [5.74, 6) is 2.46. The molecule has 1 unspecified atom stereocenters. The summed E-state index contributed by atoms with van der Waals surface area (Å²) in [5.41, 5.74) is 2.35. The number of halogens is 1. The van der Waals surface area contributed by atoms with Crippen molar-refractivity contribution >= 4 is 29.1 Å². The number of rotatable bonds is 7. The van der Waals surface area contributed by atoms with Gasteiger partial charge in [-0.15, -0.1) is 0 Å². The third-order valence-corrected chi connectivity index (χ3v) is 5.11. The van der Waals surface area contributed by atoms with Gasteiger partial charge in [0.25, 0.3) is 0 Å². The zero-order valence-corrected chi connectivity index (χ0v) is 13.8. The van der Waals surface area contributed by atoms with Gasteiger partial charge >= 0.3 is 0 Å². The second kappa shape index (κ2) is 8.13. The van der Waals surface area contributed by atoms with Gasteiger partial charge in [-0.2, -0.15) is 11.8 Å².